The largest absolute Gasteiger partial charge is 0.316 e. The second-order valence-corrected chi connectivity index (χ2v) is 5.31. The number of rotatable bonds is 5. The van der Waals surface area contributed by atoms with Crippen molar-refractivity contribution in [3.8, 4) is 6.07 Å². The first-order valence-corrected chi connectivity index (χ1v) is 7.24. The summed E-state index contributed by atoms with van der Waals surface area (Å²) in [4.78, 5) is 2.45. The van der Waals surface area contributed by atoms with E-state index in [0.29, 0.717) is 0 Å². The third-order valence-corrected chi connectivity index (χ3v) is 3.89. The third-order valence-electron chi connectivity index (χ3n) is 3.89. The SMILES string of the molecule is CCN(Cc1ccccc1C#N)CC1CCCNC1. The Balaban J connectivity index is 1.96. The van der Waals surface area contributed by atoms with Crippen LogP contribution in [0.5, 0.6) is 0 Å². The second kappa shape index (κ2) is 7.28. The average Bonchev–Trinajstić information content (AvgIpc) is 2.48. The number of benzene rings is 1. The van der Waals surface area contributed by atoms with Crippen LogP contribution in [-0.2, 0) is 6.54 Å². The summed E-state index contributed by atoms with van der Waals surface area (Å²) in [6.07, 6.45) is 2.61. The van der Waals surface area contributed by atoms with Crippen molar-refractivity contribution < 1.29 is 0 Å². The Morgan fingerprint density at radius 1 is 1.42 bits per heavy atom. The molecule has 1 heterocycles. The van der Waals surface area contributed by atoms with Gasteiger partial charge in [0.2, 0.25) is 0 Å². The lowest BCUT2D eigenvalue weighted by atomic mass is 9.98. The minimum atomic E-state index is 0.753. The van der Waals surface area contributed by atoms with Gasteiger partial charge in [-0.15, -0.1) is 0 Å². The first-order chi connectivity index (χ1) is 9.33. The van der Waals surface area contributed by atoms with Gasteiger partial charge in [0.1, 0.15) is 0 Å². The topological polar surface area (TPSA) is 39.1 Å². The first-order valence-electron chi connectivity index (χ1n) is 7.24. The molecule has 0 bridgehead atoms. The third kappa shape index (κ3) is 4.05. The summed E-state index contributed by atoms with van der Waals surface area (Å²) in [5.41, 5.74) is 1.96. The highest BCUT2D eigenvalue weighted by Gasteiger charge is 2.16. The summed E-state index contributed by atoms with van der Waals surface area (Å²) in [5.74, 6) is 0.753. The van der Waals surface area contributed by atoms with Gasteiger partial charge in [0.25, 0.3) is 0 Å². The van der Waals surface area contributed by atoms with Crippen LogP contribution in [0.1, 0.15) is 30.9 Å². The van der Waals surface area contributed by atoms with Crippen LogP contribution in [0, 0.1) is 17.2 Å². The molecular formula is C16H23N3. The molecule has 0 aromatic heterocycles. The fraction of sp³-hybridized carbons (Fsp3) is 0.562. The van der Waals surface area contributed by atoms with E-state index >= 15 is 0 Å². The molecule has 1 atom stereocenters. The highest BCUT2D eigenvalue weighted by Crippen LogP contribution is 2.15. The van der Waals surface area contributed by atoms with Crippen molar-refractivity contribution in [2.45, 2.75) is 26.3 Å². The van der Waals surface area contributed by atoms with Crippen molar-refractivity contribution >= 4 is 0 Å². The summed E-state index contributed by atoms with van der Waals surface area (Å²) >= 11 is 0. The lowest BCUT2D eigenvalue weighted by Gasteiger charge is -2.29. The zero-order valence-corrected chi connectivity index (χ0v) is 11.7. The molecule has 19 heavy (non-hydrogen) atoms. The quantitative estimate of drug-likeness (QED) is 0.880. The minimum absolute atomic E-state index is 0.753. The Labute approximate surface area is 116 Å². The van der Waals surface area contributed by atoms with Crippen LogP contribution < -0.4 is 5.32 Å². The molecule has 1 saturated heterocycles. The van der Waals surface area contributed by atoms with Crippen LogP contribution in [0.25, 0.3) is 0 Å². The van der Waals surface area contributed by atoms with E-state index in [1.54, 1.807) is 0 Å². The van der Waals surface area contributed by atoms with Crippen LogP contribution in [0.2, 0.25) is 0 Å². The van der Waals surface area contributed by atoms with Crippen molar-refractivity contribution in [3.63, 3.8) is 0 Å². The molecule has 1 aromatic rings. The van der Waals surface area contributed by atoms with E-state index in [-0.39, 0.29) is 0 Å². The molecule has 1 N–H and O–H groups in total. The molecule has 0 spiro atoms. The normalized spacial score (nSPS) is 19.3. The maximum absolute atomic E-state index is 9.15. The first kappa shape index (κ1) is 14.0. The lowest BCUT2D eigenvalue weighted by molar-refractivity contribution is 0.209. The molecule has 0 amide bonds. The van der Waals surface area contributed by atoms with E-state index in [4.69, 9.17) is 5.26 Å². The smallest absolute Gasteiger partial charge is 0.0995 e. The van der Waals surface area contributed by atoms with Gasteiger partial charge >= 0.3 is 0 Å². The Bertz CT molecular complexity index is 430. The van der Waals surface area contributed by atoms with Gasteiger partial charge in [-0.2, -0.15) is 5.26 Å². The van der Waals surface area contributed by atoms with Gasteiger partial charge in [-0.1, -0.05) is 25.1 Å². The molecule has 102 valence electrons. The fourth-order valence-electron chi connectivity index (χ4n) is 2.76. The van der Waals surface area contributed by atoms with E-state index in [9.17, 15) is 0 Å². The highest BCUT2D eigenvalue weighted by atomic mass is 15.1. The number of piperidine rings is 1. The number of hydrogen-bond donors (Lipinski definition) is 1. The van der Waals surface area contributed by atoms with Crippen LogP contribution in [0.3, 0.4) is 0 Å². The van der Waals surface area contributed by atoms with Gasteiger partial charge in [-0.25, -0.2) is 0 Å². The Morgan fingerprint density at radius 2 is 2.26 bits per heavy atom. The Morgan fingerprint density at radius 3 is 2.95 bits per heavy atom. The molecule has 0 saturated carbocycles. The Kier molecular flexibility index (Phi) is 5.38. The summed E-state index contributed by atoms with van der Waals surface area (Å²) in [7, 11) is 0. The van der Waals surface area contributed by atoms with Crippen molar-refractivity contribution in [2.24, 2.45) is 5.92 Å². The maximum Gasteiger partial charge on any atom is 0.0995 e. The Hall–Kier alpha value is -1.37. The highest BCUT2D eigenvalue weighted by molar-refractivity contribution is 5.37. The molecule has 1 unspecified atom stereocenters. The van der Waals surface area contributed by atoms with Gasteiger partial charge in [-0.05, 0) is 50.0 Å². The minimum Gasteiger partial charge on any atom is -0.316 e. The molecule has 0 aliphatic carbocycles. The summed E-state index contributed by atoms with van der Waals surface area (Å²) in [5, 5.41) is 12.6. The zero-order valence-electron chi connectivity index (χ0n) is 11.7. The van der Waals surface area contributed by atoms with Crippen molar-refractivity contribution in [1.29, 1.82) is 5.26 Å². The van der Waals surface area contributed by atoms with Gasteiger partial charge in [0, 0.05) is 13.1 Å². The summed E-state index contributed by atoms with van der Waals surface area (Å²) in [6, 6.07) is 10.2. The van der Waals surface area contributed by atoms with Crippen LogP contribution in [-0.4, -0.2) is 31.1 Å². The van der Waals surface area contributed by atoms with Crippen LogP contribution in [0.4, 0.5) is 0 Å². The number of nitrogens with one attached hydrogen (secondary N) is 1. The number of nitriles is 1. The molecule has 2 rings (SSSR count). The van der Waals surface area contributed by atoms with Crippen molar-refractivity contribution in [2.75, 3.05) is 26.2 Å². The number of nitrogens with zero attached hydrogens (tertiary/aromatic N) is 2. The lowest BCUT2D eigenvalue weighted by Crippen LogP contribution is -2.38. The molecule has 1 aliphatic rings. The predicted octanol–water partition coefficient (Wildman–Crippen LogP) is 2.38. The van der Waals surface area contributed by atoms with Gasteiger partial charge in [0.15, 0.2) is 0 Å². The molecule has 1 aliphatic heterocycles. The molecule has 1 fully saturated rings. The standard InChI is InChI=1S/C16H23N3/c1-2-19(12-14-6-5-9-18-11-14)13-16-8-4-3-7-15(16)10-17/h3-4,7-8,14,18H,2,5-6,9,11-13H2,1H3. The average molecular weight is 257 g/mol. The number of hydrogen-bond acceptors (Lipinski definition) is 3. The fourth-order valence-corrected chi connectivity index (χ4v) is 2.76. The van der Waals surface area contributed by atoms with E-state index in [0.717, 1.165) is 43.2 Å². The van der Waals surface area contributed by atoms with Crippen molar-refractivity contribution in [1.82, 2.24) is 10.2 Å². The summed E-state index contributed by atoms with van der Waals surface area (Å²) < 4.78 is 0. The second-order valence-electron chi connectivity index (χ2n) is 5.31. The predicted molar refractivity (Wildman–Crippen MR) is 77.7 cm³/mol. The van der Waals surface area contributed by atoms with E-state index < -0.39 is 0 Å². The molecule has 0 radical (unpaired) electrons. The van der Waals surface area contributed by atoms with E-state index in [2.05, 4.69) is 29.3 Å². The monoisotopic (exact) mass is 257 g/mol. The van der Waals surface area contributed by atoms with E-state index in [1.165, 1.54) is 19.4 Å². The molecular weight excluding hydrogens is 234 g/mol. The van der Waals surface area contributed by atoms with Crippen molar-refractivity contribution in [3.05, 3.63) is 35.4 Å². The zero-order chi connectivity index (χ0) is 13.5. The van der Waals surface area contributed by atoms with E-state index in [1.807, 2.05) is 18.2 Å². The summed E-state index contributed by atoms with van der Waals surface area (Å²) in [6.45, 7) is 7.55. The van der Waals surface area contributed by atoms with Crippen LogP contribution >= 0.6 is 0 Å². The molecule has 1 aromatic carbocycles. The van der Waals surface area contributed by atoms with Gasteiger partial charge in [-0.3, -0.25) is 4.90 Å². The maximum atomic E-state index is 9.15. The van der Waals surface area contributed by atoms with Gasteiger partial charge < -0.3 is 5.32 Å². The van der Waals surface area contributed by atoms with Gasteiger partial charge in [0.05, 0.1) is 11.6 Å². The molecule has 3 heteroatoms. The van der Waals surface area contributed by atoms with Crippen LogP contribution in [0.15, 0.2) is 24.3 Å². The molecule has 3 nitrogen and oxygen atoms in total.